The predicted octanol–water partition coefficient (Wildman–Crippen LogP) is 5.00. The minimum Gasteiger partial charge on any atom is -0.497 e. The number of hydrogen-bond acceptors (Lipinski definition) is 5. The quantitative estimate of drug-likeness (QED) is 0.330. The van der Waals surface area contributed by atoms with Crippen LogP contribution in [0.2, 0.25) is 0 Å². The summed E-state index contributed by atoms with van der Waals surface area (Å²) in [7, 11) is 3.34. The van der Waals surface area contributed by atoms with Gasteiger partial charge < -0.3 is 19.6 Å². The third-order valence-corrected chi connectivity index (χ3v) is 5.97. The lowest BCUT2D eigenvalue weighted by atomic mass is 10.1. The molecule has 3 aromatic carbocycles. The Balaban J connectivity index is 1.35. The first kappa shape index (κ1) is 22.3. The van der Waals surface area contributed by atoms with Gasteiger partial charge in [-0.05, 0) is 84.8 Å². The van der Waals surface area contributed by atoms with Crippen molar-refractivity contribution in [1.29, 1.82) is 0 Å². The zero-order chi connectivity index (χ0) is 22.2. The highest BCUT2D eigenvalue weighted by molar-refractivity contribution is 5.44. The minimum absolute atomic E-state index is 0.400. The molecule has 3 aromatic rings. The van der Waals surface area contributed by atoms with E-state index in [9.17, 15) is 0 Å². The molecule has 4 rings (SSSR count). The second kappa shape index (κ2) is 11.1. The summed E-state index contributed by atoms with van der Waals surface area (Å²) in [5.41, 5.74) is 8.11. The molecular weight excluding hydrogens is 400 g/mol. The fourth-order valence-corrected chi connectivity index (χ4v) is 4.31. The third kappa shape index (κ3) is 5.68. The molecule has 0 saturated heterocycles. The number of hydrogen-bond donors (Lipinski definition) is 2. The van der Waals surface area contributed by atoms with Crippen LogP contribution in [0.1, 0.15) is 34.7 Å². The maximum atomic E-state index is 6.26. The van der Waals surface area contributed by atoms with Crippen molar-refractivity contribution in [3.8, 4) is 17.2 Å². The number of benzene rings is 3. The van der Waals surface area contributed by atoms with Crippen molar-refractivity contribution in [3.05, 3.63) is 89.0 Å². The lowest BCUT2D eigenvalue weighted by molar-refractivity contribution is 0.0927. The van der Waals surface area contributed by atoms with Gasteiger partial charge in [-0.1, -0.05) is 36.4 Å². The Labute approximate surface area is 190 Å². The van der Waals surface area contributed by atoms with E-state index < -0.39 is 0 Å². The van der Waals surface area contributed by atoms with Gasteiger partial charge in [0, 0.05) is 12.6 Å². The summed E-state index contributed by atoms with van der Waals surface area (Å²) in [5.74, 6) is 2.71. The van der Waals surface area contributed by atoms with Crippen LogP contribution >= 0.6 is 0 Å². The Hall–Kier alpha value is -2.86. The van der Waals surface area contributed by atoms with Crippen molar-refractivity contribution in [2.24, 2.45) is 0 Å². The molecule has 0 spiro atoms. The van der Waals surface area contributed by atoms with E-state index in [1.807, 2.05) is 30.3 Å². The van der Waals surface area contributed by atoms with Gasteiger partial charge in [0.05, 0.1) is 14.2 Å². The van der Waals surface area contributed by atoms with E-state index in [1.54, 1.807) is 14.2 Å². The molecule has 5 heteroatoms. The van der Waals surface area contributed by atoms with Crippen molar-refractivity contribution in [2.75, 3.05) is 27.3 Å². The van der Waals surface area contributed by atoms with Crippen LogP contribution in [-0.4, -0.2) is 27.3 Å². The van der Waals surface area contributed by atoms with E-state index in [4.69, 9.17) is 14.3 Å². The van der Waals surface area contributed by atoms with Gasteiger partial charge in [0.25, 0.3) is 0 Å². The zero-order valence-electron chi connectivity index (χ0n) is 18.9. The average Bonchev–Trinajstić information content (AvgIpc) is 3.23. The highest BCUT2D eigenvalue weighted by atomic mass is 16.6. The first-order valence-corrected chi connectivity index (χ1v) is 11.3. The lowest BCUT2D eigenvalue weighted by Gasteiger charge is -2.15. The summed E-state index contributed by atoms with van der Waals surface area (Å²) >= 11 is 0. The standard InChI is InChI=1S/C27H32N2O3/c1-30-23-8-5-6-20(18-23)14-16-28-26-13-10-22-19-24(11-12-25(22)26)32-27-9-4-3-7-21(27)15-17-29-31-2/h3-9,11-12,18-19,26,28-29H,10,13-17H2,1-2H3. The number of para-hydroxylation sites is 1. The zero-order valence-corrected chi connectivity index (χ0v) is 18.9. The van der Waals surface area contributed by atoms with E-state index in [2.05, 4.69) is 47.2 Å². The molecule has 5 nitrogen and oxygen atoms in total. The van der Waals surface area contributed by atoms with Gasteiger partial charge in [-0.15, -0.1) is 0 Å². The number of fused-ring (bicyclic) bond motifs is 1. The first-order valence-electron chi connectivity index (χ1n) is 11.3. The van der Waals surface area contributed by atoms with Gasteiger partial charge in [0.2, 0.25) is 0 Å². The topological polar surface area (TPSA) is 51.8 Å². The van der Waals surface area contributed by atoms with Crippen LogP contribution in [0, 0.1) is 0 Å². The molecule has 0 fully saturated rings. The minimum atomic E-state index is 0.400. The molecule has 2 N–H and O–H groups in total. The van der Waals surface area contributed by atoms with Gasteiger partial charge in [-0.2, -0.15) is 0 Å². The van der Waals surface area contributed by atoms with E-state index in [0.717, 1.165) is 61.6 Å². The van der Waals surface area contributed by atoms with Gasteiger partial charge in [-0.3, -0.25) is 0 Å². The molecule has 0 bridgehead atoms. The monoisotopic (exact) mass is 432 g/mol. The molecule has 1 unspecified atom stereocenters. The first-order chi connectivity index (χ1) is 15.8. The van der Waals surface area contributed by atoms with E-state index in [-0.39, 0.29) is 0 Å². The number of ether oxygens (including phenoxy) is 2. The smallest absolute Gasteiger partial charge is 0.130 e. The van der Waals surface area contributed by atoms with Gasteiger partial charge in [-0.25, -0.2) is 5.48 Å². The maximum absolute atomic E-state index is 6.26. The van der Waals surface area contributed by atoms with Crippen LogP contribution in [0.25, 0.3) is 0 Å². The molecule has 0 saturated carbocycles. The van der Waals surface area contributed by atoms with Crippen molar-refractivity contribution < 1.29 is 14.3 Å². The fraction of sp³-hybridized carbons (Fsp3) is 0.333. The summed E-state index contributed by atoms with van der Waals surface area (Å²) in [4.78, 5) is 4.94. The lowest BCUT2D eigenvalue weighted by Crippen LogP contribution is -2.21. The van der Waals surface area contributed by atoms with E-state index in [1.165, 1.54) is 16.7 Å². The highest BCUT2D eigenvalue weighted by Crippen LogP contribution is 2.35. The van der Waals surface area contributed by atoms with Crippen LogP contribution in [0.5, 0.6) is 17.2 Å². The summed E-state index contributed by atoms with van der Waals surface area (Å²) in [6, 6.07) is 23.4. The molecule has 168 valence electrons. The number of nitrogens with one attached hydrogen (secondary N) is 2. The molecule has 32 heavy (non-hydrogen) atoms. The number of methoxy groups -OCH3 is 1. The molecular formula is C27H32N2O3. The summed E-state index contributed by atoms with van der Waals surface area (Å²) < 4.78 is 11.6. The van der Waals surface area contributed by atoms with Gasteiger partial charge >= 0.3 is 0 Å². The molecule has 0 heterocycles. The van der Waals surface area contributed by atoms with Crippen molar-refractivity contribution >= 4 is 0 Å². The van der Waals surface area contributed by atoms with Crippen molar-refractivity contribution in [1.82, 2.24) is 10.8 Å². The fourth-order valence-electron chi connectivity index (χ4n) is 4.31. The normalized spacial score (nSPS) is 14.9. The van der Waals surface area contributed by atoms with E-state index in [0.29, 0.717) is 6.04 Å². The van der Waals surface area contributed by atoms with Gasteiger partial charge in [0.15, 0.2) is 0 Å². The van der Waals surface area contributed by atoms with Crippen LogP contribution in [-0.2, 0) is 24.1 Å². The maximum Gasteiger partial charge on any atom is 0.130 e. The molecule has 1 atom stereocenters. The van der Waals surface area contributed by atoms with Gasteiger partial charge in [0.1, 0.15) is 17.2 Å². The largest absolute Gasteiger partial charge is 0.497 e. The van der Waals surface area contributed by atoms with Crippen molar-refractivity contribution in [2.45, 2.75) is 31.7 Å². The van der Waals surface area contributed by atoms with Crippen LogP contribution < -0.4 is 20.3 Å². The molecule has 1 aliphatic carbocycles. The summed E-state index contributed by atoms with van der Waals surface area (Å²) in [6.07, 6.45) is 4.02. The molecule has 1 aliphatic rings. The van der Waals surface area contributed by atoms with Crippen LogP contribution in [0.4, 0.5) is 0 Å². The Bertz CT molecular complexity index is 1020. The van der Waals surface area contributed by atoms with Crippen LogP contribution in [0.3, 0.4) is 0 Å². The highest BCUT2D eigenvalue weighted by Gasteiger charge is 2.22. The number of rotatable bonds is 11. The Morgan fingerprint density at radius 3 is 2.66 bits per heavy atom. The molecule has 0 amide bonds. The predicted molar refractivity (Wildman–Crippen MR) is 127 cm³/mol. The molecule has 0 radical (unpaired) electrons. The Morgan fingerprint density at radius 2 is 1.78 bits per heavy atom. The third-order valence-electron chi connectivity index (χ3n) is 5.97. The second-order valence-corrected chi connectivity index (χ2v) is 8.07. The SMILES string of the molecule is CONCCc1ccccc1Oc1ccc2c(c1)CCC2NCCc1cccc(OC)c1. The summed E-state index contributed by atoms with van der Waals surface area (Å²) in [6.45, 7) is 1.68. The average molecular weight is 433 g/mol. The Kier molecular flexibility index (Phi) is 7.77. The van der Waals surface area contributed by atoms with Crippen molar-refractivity contribution in [3.63, 3.8) is 0 Å². The van der Waals surface area contributed by atoms with Crippen LogP contribution in [0.15, 0.2) is 66.7 Å². The summed E-state index contributed by atoms with van der Waals surface area (Å²) in [5, 5.41) is 3.73. The molecule has 0 aromatic heterocycles. The Morgan fingerprint density at radius 1 is 0.875 bits per heavy atom. The number of hydroxylamine groups is 1. The molecule has 0 aliphatic heterocycles. The van der Waals surface area contributed by atoms with E-state index >= 15 is 0 Å². The second-order valence-electron chi connectivity index (χ2n) is 8.07. The number of aryl methyl sites for hydroxylation is 1.